The Labute approximate surface area is 133 Å². The maximum atomic E-state index is 12.3. The molecule has 0 aliphatic rings. The standard InChI is InChI=1S/C17H28N2O3/c1-12(2)15(13-7-9-14(22-6)10-8-13)18-16(20)19(5)11-17(3,4)21/h7-10,12,15,21H,11H2,1-6H3,(H,18,20). The topological polar surface area (TPSA) is 61.8 Å². The summed E-state index contributed by atoms with van der Waals surface area (Å²) in [4.78, 5) is 13.8. The van der Waals surface area contributed by atoms with E-state index in [-0.39, 0.29) is 24.5 Å². The summed E-state index contributed by atoms with van der Waals surface area (Å²) >= 11 is 0. The Bertz CT molecular complexity index is 478. The third-order valence-electron chi connectivity index (χ3n) is 3.39. The van der Waals surface area contributed by atoms with Gasteiger partial charge >= 0.3 is 6.03 Å². The predicted octanol–water partition coefficient (Wildman–Crippen LogP) is 2.80. The fraction of sp³-hybridized carbons (Fsp3) is 0.588. The second-order valence-corrected chi connectivity index (χ2v) is 6.61. The number of benzene rings is 1. The van der Waals surface area contributed by atoms with Gasteiger partial charge in [-0.15, -0.1) is 0 Å². The van der Waals surface area contributed by atoms with Crippen molar-refractivity contribution in [2.45, 2.75) is 39.3 Å². The van der Waals surface area contributed by atoms with Gasteiger partial charge in [-0.1, -0.05) is 26.0 Å². The summed E-state index contributed by atoms with van der Waals surface area (Å²) in [6.07, 6.45) is 0. The molecule has 124 valence electrons. The van der Waals surface area contributed by atoms with Crippen LogP contribution in [0, 0.1) is 5.92 Å². The molecule has 1 aromatic carbocycles. The van der Waals surface area contributed by atoms with Gasteiger partial charge < -0.3 is 20.1 Å². The van der Waals surface area contributed by atoms with E-state index in [0.29, 0.717) is 0 Å². The Balaban J connectivity index is 2.81. The van der Waals surface area contributed by atoms with Crippen molar-refractivity contribution in [2.24, 2.45) is 5.92 Å². The molecule has 2 N–H and O–H groups in total. The van der Waals surface area contributed by atoms with Gasteiger partial charge in [-0.25, -0.2) is 4.79 Å². The molecule has 0 heterocycles. The lowest BCUT2D eigenvalue weighted by atomic mass is 9.96. The Hall–Kier alpha value is -1.75. The summed E-state index contributed by atoms with van der Waals surface area (Å²) in [7, 11) is 3.31. The number of ether oxygens (including phenoxy) is 1. The number of nitrogens with one attached hydrogen (secondary N) is 1. The quantitative estimate of drug-likeness (QED) is 0.849. The minimum Gasteiger partial charge on any atom is -0.497 e. The van der Waals surface area contributed by atoms with Crippen LogP contribution in [0.15, 0.2) is 24.3 Å². The molecule has 0 spiro atoms. The smallest absolute Gasteiger partial charge is 0.317 e. The van der Waals surface area contributed by atoms with E-state index in [1.807, 2.05) is 24.3 Å². The van der Waals surface area contributed by atoms with E-state index in [2.05, 4.69) is 19.2 Å². The molecule has 0 saturated carbocycles. The number of likely N-dealkylation sites (N-methyl/N-ethyl adjacent to an activating group) is 1. The molecule has 1 aromatic rings. The van der Waals surface area contributed by atoms with Crippen LogP contribution in [-0.4, -0.2) is 42.3 Å². The molecule has 0 aromatic heterocycles. The Morgan fingerprint density at radius 2 is 1.86 bits per heavy atom. The molecule has 22 heavy (non-hydrogen) atoms. The minimum atomic E-state index is -0.917. The fourth-order valence-corrected chi connectivity index (χ4v) is 2.34. The lowest BCUT2D eigenvalue weighted by molar-refractivity contribution is 0.0525. The van der Waals surface area contributed by atoms with Crippen molar-refractivity contribution < 1.29 is 14.6 Å². The average molecular weight is 308 g/mol. The number of carbonyl (C=O) groups is 1. The third-order valence-corrected chi connectivity index (χ3v) is 3.39. The van der Waals surface area contributed by atoms with E-state index >= 15 is 0 Å². The van der Waals surface area contributed by atoms with Gasteiger partial charge in [0.25, 0.3) is 0 Å². The van der Waals surface area contributed by atoms with Gasteiger partial charge in [-0.2, -0.15) is 0 Å². The zero-order valence-corrected chi connectivity index (χ0v) is 14.4. The van der Waals surface area contributed by atoms with Crippen molar-refractivity contribution >= 4 is 6.03 Å². The lowest BCUT2D eigenvalue weighted by Gasteiger charge is -2.29. The molecular formula is C17H28N2O3. The van der Waals surface area contributed by atoms with Crippen LogP contribution in [0.5, 0.6) is 5.75 Å². The molecule has 0 fully saturated rings. The summed E-state index contributed by atoms with van der Waals surface area (Å²) in [5.41, 5.74) is 0.111. The number of hydrogen-bond donors (Lipinski definition) is 2. The van der Waals surface area contributed by atoms with Gasteiger partial charge in [0, 0.05) is 7.05 Å². The van der Waals surface area contributed by atoms with Crippen molar-refractivity contribution in [3.8, 4) is 5.75 Å². The zero-order chi connectivity index (χ0) is 16.9. The van der Waals surface area contributed by atoms with E-state index in [4.69, 9.17) is 4.74 Å². The number of hydrogen-bond acceptors (Lipinski definition) is 3. The molecule has 1 unspecified atom stereocenters. The number of aliphatic hydroxyl groups is 1. The third kappa shape index (κ3) is 5.56. The van der Waals surface area contributed by atoms with Gasteiger partial charge in [-0.3, -0.25) is 0 Å². The Morgan fingerprint density at radius 1 is 1.32 bits per heavy atom. The largest absolute Gasteiger partial charge is 0.497 e. The molecule has 0 aliphatic carbocycles. The van der Waals surface area contributed by atoms with Crippen molar-refractivity contribution in [1.82, 2.24) is 10.2 Å². The zero-order valence-electron chi connectivity index (χ0n) is 14.4. The monoisotopic (exact) mass is 308 g/mol. The van der Waals surface area contributed by atoms with Crippen molar-refractivity contribution in [2.75, 3.05) is 20.7 Å². The number of urea groups is 1. The van der Waals surface area contributed by atoms with Crippen molar-refractivity contribution in [1.29, 1.82) is 0 Å². The minimum absolute atomic E-state index is 0.0948. The highest BCUT2D eigenvalue weighted by Gasteiger charge is 2.23. The first-order chi connectivity index (χ1) is 10.1. The van der Waals surface area contributed by atoms with Crippen LogP contribution in [0.25, 0.3) is 0 Å². The molecule has 0 bridgehead atoms. The van der Waals surface area contributed by atoms with Crippen LogP contribution >= 0.6 is 0 Å². The summed E-state index contributed by atoms with van der Waals surface area (Å²) < 4.78 is 5.16. The van der Waals surface area contributed by atoms with Crippen LogP contribution in [0.1, 0.15) is 39.3 Å². The summed E-state index contributed by atoms with van der Waals surface area (Å²) in [6.45, 7) is 7.75. The highest BCUT2D eigenvalue weighted by atomic mass is 16.5. The SMILES string of the molecule is COc1ccc(C(NC(=O)N(C)CC(C)(C)O)C(C)C)cc1. The molecule has 0 aliphatic heterocycles. The van der Waals surface area contributed by atoms with E-state index < -0.39 is 5.60 Å². The summed E-state index contributed by atoms with van der Waals surface area (Å²) in [6, 6.07) is 7.40. The van der Waals surface area contributed by atoms with Gasteiger partial charge in [0.1, 0.15) is 5.75 Å². The molecule has 5 nitrogen and oxygen atoms in total. The Morgan fingerprint density at radius 3 is 2.27 bits per heavy atom. The first-order valence-corrected chi connectivity index (χ1v) is 7.52. The maximum Gasteiger partial charge on any atom is 0.317 e. The van der Waals surface area contributed by atoms with Crippen LogP contribution in [0.4, 0.5) is 4.79 Å². The number of amides is 2. The van der Waals surface area contributed by atoms with Crippen LogP contribution in [-0.2, 0) is 0 Å². The number of nitrogens with zero attached hydrogens (tertiary/aromatic N) is 1. The molecule has 2 amide bonds. The van der Waals surface area contributed by atoms with Crippen LogP contribution < -0.4 is 10.1 Å². The van der Waals surface area contributed by atoms with Crippen molar-refractivity contribution in [3.05, 3.63) is 29.8 Å². The van der Waals surface area contributed by atoms with E-state index in [1.54, 1.807) is 28.0 Å². The number of carbonyl (C=O) groups excluding carboxylic acids is 1. The van der Waals surface area contributed by atoms with Crippen LogP contribution in [0.3, 0.4) is 0 Å². The average Bonchev–Trinajstić information content (AvgIpc) is 2.42. The van der Waals surface area contributed by atoms with Crippen molar-refractivity contribution in [3.63, 3.8) is 0 Å². The number of rotatable bonds is 6. The Kier molecular flexibility index (Phi) is 6.23. The summed E-state index contributed by atoms with van der Waals surface area (Å²) in [5, 5.41) is 12.8. The first kappa shape index (κ1) is 18.3. The molecule has 0 radical (unpaired) electrons. The van der Waals surface area contributed by atoms with E-state index in [1.165, 1.54) is 4.90 Å². The van der Waals surface area contributed by atoms with Gasteiger partial charge in [0.2, 0.25) is 0 Å². The maximum absolute atomic E-state index is 12.3. The molecule has 1 atom stereocenters. The highest BCUT2D eigenvalue weighted by Crippen LogP contribution is 2.24. The fourth-order valence-electron chi connectivity index (χ4n) is 2.34. The van der Waals surface area contributed by atoms with Gasteiger partial charge in [0.15, 0.2) is 0 Å². The van der Waals surface area contributed by atoms with E-state index in [9.17, 15) is 9.90 Å². The molecule has 1 rings (SSSR count). The number of methoxy groups -OCH3 is 1. The second-order valence-electron chi connectivity index (χ2n) is 6.61. The molecular weight excluding hydrogens is 280 g/mol. The lowest BCUT2D eigenvalue weighted by Crippen LogP contribution is -2.46. The predicted molar refractivity (Wildman–Crippen MR) is 88.0 cm³/mol. The van der Waals surface area contributed by atoms with Gasteiger partial charge in [-0.05, 0) is 37.5 Å². The first-order valence-electron chi connectivity index (χ1n) is 7.52. The summed E-state index contributed by atoms with van der Waals surface area (Å²) in [5.74, 6) is 1.03. The van der Waals surface area contributed by atoms with E-state index in [0.717, 1.165) is 11.3 Å². The van der Waals surface area contributed by atoms with Gasteiger partial charge in [0.05, 0.1) is 25.3 Å². The second kappa shape index (κ2) is 7.49. The normalized spacial score (nSPS) is 12.9. The van der Waals surface area contributed by atoms with Crippen LogP contribution in [0.2, 0.25) is 0 Å². The highest BCUT2D eigenvalue weighted by molar-refractivity contribution is 5.74. The molecule has 5 heteroatoms. The molecule has 0 saturated heterocycles.